The molecule has 2 aromatic carbocycles. The van der Waals surface area contributed by atoms with Crippen molar-refractivity contribution in [3.05, 3.63) is 66.2 Å². The van der Waals surface area contributed by atoms with Gasteiger partial charge in [-0.15, -0.1) is 0 Å². The van der Waals surface area contributed by atoms with Crippen molar-refractivity contribution in [1.82, 2.24) is 0 Å². The summed E-state index contributed by atoms with van der Waals surface area (Å²) in [7, 11) is 0. The Kier molecular flexibility index (Phi) is 5.31. The third-order valence-electron chi connectivity index (χ3n) is 1.89. The fourth-order valence-electron chi connectivity index (χ4n) is 1.12. The zero-order valence-corrected chi connectivity index (χ0v) is 9.54. The first-order chi connectivity index (χ1) is 8.18. The van der Waals surface area contributed by atoms with Crippen LogP contribution in [0, 0.1) is 6.92 Å². The zero-order valence-electron chi connectivity index (χ0n) is 9.54. The van der Waals surface area contributed by atoms with Gasteiger partial charge in [-0.3, -0.25) is 0 Å². The van der Waals surface area contributed by atoms with Gasteiger partial charge < -0.3 is 9.84 Å². The molecule has 0 amide bonds. The third-order valence-corrected chi connectivity index (χ3v) is 1.89. The highest BCUT2D eigenvalue weighted by Gasteiger charge is 1.96. The number of hydrogen-bond donors (Lipinski definition) is 1. The molecular weight excluding hydrogens is 216 g/mol. The second kappa shape index (κ2) is 7.06. The maximum atomic E-state index is 9.95. The number of carbonyl (C=O) groups is 1. The molecule has 3 heteroatoms. The number of para-hydroxylation sites is 1. The molecule has 0 aliphatic rings. The molecule has 17 heavy (non-hydrogen) atoms. The lowest BCUT2D eigenvalue weighted by Crippen LogP contribution is -2.02. The molecule has 2 rings (SSSR count). The van der Waals surface area contributed by atoms with E-state index < -0.39 is 6.16 Å². The Balaban J connectivity index is 0.000000181. The first-order valence-corrected chi connectivity index (χ1v) is 5.16. The van der Waals surface area contributed by atoms with Gasteiger partial charge in [0.25, 0.3) is 0 Å². The molecule has 0 heterocycles. The summed E-state index contributed by atoms with van der Waals surface area (Å²) in [5, 5.41) is 8.14. The minimum absolute atomic E-state index is 0.343. The molecule has 3 nitrogen and oxygen atoms in total. The molecule has 0 unspecified atom stereocenters. The van der Waals surface area contributed by atoms with E-state index in [-0.39, 0.29) is 0 Å². The summed E-state index contributed by atoms with van der Waals surface area (Å²) in [6, 6.07) is 18.6. The van der Waals surface area contributed by atoms with Crippen molar-refractivity contribution in [3.63, 3.8) is 0 Å². The van der Waals surface area contributed by atoms with Gasteiger partial charge in [0.2, 0.25) is 0 Å². The van der Waals surface area contributed by atoms with Crippen LogP contribution in [0.1, 0.15) is 5.56 Å². The van der Waals surface area contributed by atoms with Gasteiger partial charge in [0.1, 0.15) is 5.75 Å². The van der Waals surface area contributed by atoms with Crippen LogP contribution in [0.4, 0.5) is 4.79 Å². The Morgan fingerprint density at radius 1 is 0.941 bits per heavy atom. The van der Waals surface area contributed by atoms with Crippen molar-refractivity contribution in [1.29, 1.82) is 0 Å². The smallest absolute Gasteiger partial charge is 0.449 e. The average molecular weight is 230 g/mol. The largest absolute Gasteiger partial charge is 0.511 e. The van der Waals surface area contributed by atoms with E-state index in [2.05, 4.69) is 23.8 Å². The topological polar surface area (TPSA) is 46.5 Å². The Morgan fingerprint density at radius 3 is 1.76 bits per heavy atom. The van der Waals surface area contributed by atoms with Crippen LogP contribution in [-0.2, 0) is 0 Å². The molecule has 88 valence electrons. The van der Waals surface area contributed by atoms with Gasteiger partial charge in [0.15, 0.2) is 0 Å². The van der Waals surface area contributed by atoms with E-state index in [1.165, 1.54) is 5.56 Å². The molecule has 1 N–H and O–H groups in total. The van der Waals surface area contributed by atoms with E-state index in [9.17, 15) is 4.79 Å². The SMILES string of the molecule is Cc1ccccc1.O=C(O)Oc1ccccc1. The number of aryl methyl sites for hydroxylation is 1. The Morgan fingerprint density at radius 2 is 1.41 bits per heavy atom. The minimum Gasteiger partial charge on any atom is -0.449 e. The summed E-state index contributed by atoms with van der Waals surface area (Å²) >= 11 is 0. The van der Waals surface area contributed by atoms with Gasteiger partial charge in [0, 0.05) is 0 Å². The van der Waals surface area contributed by atoms with Crippen LogP contribution in [0.25, 0.3) is 0 Å². The van der Waals surface area contributed by atoms with E-state index in [1.54, 1.807) is 30.3 Å². The Labute approximate surface area is 100 Å². The molecule has 0 fully saturated rings. The van der Waals surface area contributed by atoms with E-state index in [4.69, 9.17) is 5.11 Å². The molecule has 0 aliphatic heterocycles. The van der Waals surface area contributed by atoms with Crippen LogP contribution in [0.15, 0.2) is 60.7 Å². The molecule has 2 aromatic rings. The van der Waals surface area contributed by atoms with Crippen molar-refractivity contribution in [2.75, 3.05) is 0 Å². The van der Waals surface area contributed by atoms with Crippen molar-refractivity contribution in [2.24, 2.45) is 0 Å². The summed E-state index contributed by atoms with van der Waals surface area (Å²) < 4.78 is 4.33. The number of carboxylic acid groups (broad SMARTS) is 1. The molecular formula is C14H14O3. The van der Waals surface area contributed by atoms with Crippen molar-refractivity contribution < 1.29 is 14.6 Å². The van der Waals surface area contributed by atoms with E-state index in [0.29, 0.717) is 5.75 Å². The average Bonchev–Trinajstić information content (AvgIpc) is 2.31. The fourth-order valence-corrected chi connectivity index (χ4v) is 1.12. The molecule has 0 bridgehead atoms. The predicted octanol–water partition coefficient (Wildman–Crippen LogP) is 3.74. The highest BCUT2D eigenvalue weighted by Crippen LogP contribution is 2.07. The predicted molar refractivity (Wildman–Crippen MR) is 66.3 cm³/mol. The normalized spacial score (nSPS) is 8.76. The van der Waals surface area contributed by atoms with Gasteiger partial charge in [-0.25, -0.2) is 4.79 Å². The molecule has 0 atom stereocenters. The molecule has 0 aliphatic carbocycles. The van der Waals surface area contributed by atoms with Gasteiger partial charge in [-0.05, 0) is 19.1 Å². The second-order valence-electron chi connectivity index (χ2n) is 3.34. The lowest BCUT2D eigenvalue weighted by Gasteiger charge is -1.95. The highest BCUT2D eigenvalue weighted by atomic mass is 16.7. The number of rotatable bonds is 1. The van der Waals surface area contributed by atoms with Gasteiger partial charge in [0.05, 0.1) is 0 Å². The molecule has 0 spiro atoms. The van der Waals surface area contributed by atoms with Gasteiger partial charge >= 0.3 is 6.16 Å². The summed E-state index contributed by atoms with van der Waals surface area (Å²) in [5.41, 5.74) is 1.32. The van der Waals surface area contributed by atoms with Gasteiger partial charge in [-0.1, -0.05) is 54.1 Å². The van der Waals surface area contributed by atoms with Crippen LogP contribution >= 0.6 is 0 Å². The van der Waals surface area contributed by atoms with Crippen LogP contribution in [0.5, 0.6) is 5.75 Å². The molecule has 0 saturated carbocycles. The van der Waals surface area contributed by atoms with Crippen LogP contribution in [0.2, 0.25) is 0 Å². The van der Waals surface area contributed by atoms with Crippen LogP contribution < -0.4 is 4.74 Å². The fraction of sp³-hybridized carbons (Fsp3) is 0.0714. The summed E-state index contributed by atoms with van der Waals surface area (Å²) in [6.07, 6.45) is -1.29. The van der Waals surface area contributed by atoms with Crippen molar-refractivity contribution in [3.8, 4) is 5.75 Å². The van der Waals surface area contributed by atoms with Crippen molar-refractivity contribution >= 4 is 6.16 Å². The summed E-state index contributed by atoms with van der Waals surface area (Å²) in [4.78, 5) is 9.95. The Bertz CT molecular complexity index is 438. The first-order valence-electron chi connectivity index (χ1n) is 5.16. The number of benzene rings is 2. The quantitative estimate of drug-likeness (QED) is 0.599. The lowest BCUT2D eigenvalue weighted by atomic mass is 10.2. The summed E-state index contributed by atoms with van der Waals surface area (Å²) in [6.45, 7) is 2.08. The minimum atomic E-state index is -1.29. The first kappa shape index (κ1) is 12.8. The second-order valence-corrected chi connectivity index (χ2v) is 3.34. The maximum absolute atomic E-state index is 9.95. The Hall–Kier alpha value is -2.29. The lowest BCUT2D eigenvalue weighted by molar-refractivity contribution is 0.144. The van der Waals surface area contributed by atoms with E-state index in [0.717, 1.165) is 0 Å². The van der Waals surface area contributed by atoms with E-state index in [1.807, 2.05) is 18.2 Å². The zero-order chi connectivity index (χ0) is 12.5. The molecule has 0 aromatic heterocycles. The van der Waals surface area contributed by atoms with Crippen molar-refractivity contribution in [2.45, 2.75) is 6.92 Å². The molecule has 0 saturated heterocycles. The van der Waals surface area contributed by atoms with Gasteiger partial charge in [-0.2, -0.15) is 0 Å². The summed E-state index contributed by atoms with van der Waals surface area (Å²) in [5.74, 6) is 0.343. The van der Waals surface area contributed by atoms with E-state index >= 15 is 0 Å². The maximum Gasteiger partial charge on any atom is 0.511 e. The monoisotopic (exact) mass is 230 g/mol. The number of ether oxygens (including phenoxy) is 1. The van der Waals surface area contributed by atoms with Crippen LogP contribution in [0.3, 0.4) is 0 Å². The third kappa shape index (κ3) is 5.99. The van der Waals surface area contributed by atoms with Crippen LogP contribution in [-0.4, -0.2) is 11.3 Å². The molecule has 0 radical (unpaired) electrons. The highest BCUT2D eigenvalue weighted by molar-refractivity contribution is 5.60. The number of hydrogen-bond acceptors (Lipinski definition) is 2. The standard InChI is InChI=1S/C7H6O3.C7H8/c8-7(9)10-6-4-2-1-3-5-6;1-7-5-3-2-4-6-7/h1-5H,(H,8,9);2-6H,1H3.